The summed E-state index contributed by atoms with van der Waals surface area (Å²) in [4.78, 5) is 4.79. The molecule has 1 atom stereocenters. The monoisotopic (exact) mass is 325 g/mol. The molecule has 0 aliphatic carbocycles. The Morgan fingerprint density at radius 1 is 1.27 bits per heavy atom. The Bertz CT molecular complexity index is 461. The highest BCUT2D eigenvalue weighted by Gasteiger charge is 2.25. The number of nitrogens with two attached hydrogens (primary N) is 1. The van der Waals surface area contributed by atoms with Crippen LogP contribution in [0.2, 0.25) is 5.02 Å². The van der Waals surface area contributed by atoms with Gasteiger partial charge in [-0.25, -0.2) is 0 Å². The Morgan fingerprint density at radius 3 is 2.64 bits per heavy atom. The van der Waals surface area contributed by atoms with Gasteiger partial charge in [-0.05, 0) is 31.7 Å². The van der Waals surface area contributed by atoms with Crippen LogP contribution < -0.4 is 10.5 Å². The maximum absolute atomic E-state index is 6.22. The van der Waals surface area contributed by atoms with E-state index in [9.17, 15) is 0 Å². The summed E-state index contributed by atoms with van der Waals surface area (Å²) in [6.45, 7) is 7.68. The highest BCUT2D eigenvalue weighted by Crippen LogP contribution is 2.32. The first-order valence-electron chi connectivity index (χ1n) is 8.20. The number of piperazine rings is 1. The maximum atomic E-state index is 6.22. The number of likely N-dealkylation sites (N-methyl/N-ethyl adjacent to an activating group) is 1. The summed E-state index contributed by atoms with van der Waals surface area (Å²) in [5, 5.41) is 0.741. The molecule has 1 unspecified atom stereocenters. The van der Waals surface area contributed by atoms with E-state index in [0.717, 1.165) is 62.0 Å². The van der Waals surface area contributed by atoms with Crippen LogP contribution in [0.15, 0.2) is 18.2 Å². The van der Waals surface area contributed by atoms with E-state index in [4.69, 9.17) is 22.1 Å². The molecule has 0 spiro atoms. The number of hydrogen-bond acceptors (Lipinski definition) is 4. The van der Waals surface area contributed by atoms with Crippen molar-refractivity contribution in [2.75, 3.05) is 46.4 Å². The van der Waals surface area contributed by atoms with Crippen LogP contribution in [-0.2, 0) is 0 Å². The second kappa shape index (κ2) is 8.73. The highest BCUT2D eigenvalue weighted by atomic mass is 35.5. The molecule has 0 saturated carbocycles. The van der Waals surface area contributed by atoms with Crippen LogP contribution in [0.25, 0.3) is 0 Å². The van der Waals surface area contributed by atoms with E-state index >= 15 is 0 Å². The van der Waals surface area contributed by atoms with E-state index in [-0.39, 0.29) is 6.04 Å². The van der Waals surface area contributed by atoms with Crippen molar-refractivity contribution in [3.05, 3.63) is 28.8 Å². The fraction of sp³-hybridized carbons (Fsp3) is 0.647. The van der Waals surface area contributed by atoms with Gasteiger partial charge in [-0.3, -0.25) is 4.90 Å². The second-order valence-corrected chi connectivity index (χ2v) is 6.41. The fourth-order valence-electron chi connectivity index (χ4n) is 2.84. The van der Waals surface area contributed by atoms with Crippen molar-refractivity contribution in [1.82, 2.24) is 9.80 Å². The topological polar surface area (TPSA) is 41.7 Å². The number of unbranched alkanes of at least 4 members (excludes halogenated alkanes) is 1. The van der Waals surface area contributed by atoms with Gasteiger partial charge in [-0.2, -0.15) is 0 Å². The van der Waals surface area contributed by atoms with Crippen molar-refractivity contribution in [3.63, 3.8) is 0 Å². The van der Waals surface area contributed by atoms with Crippen molar-refractivity contribution >= 4 is 11.6 Å². The summed E-state index contributed by atoms with van der Waals surface area (Å²) >= 11 is 6.22. The number of halogens is 1. The highest BCUT2D eigenvalue weighted by molar-refractivity contribution is 6.30. The van der Waals surface area contributed by atoms with E-state index in [1.807, 2.05) is 18.2 Å². The lowest BCUT2D eigenvalue weighted by Gasteiger charge is -2.38. The molecule has 1 saturated heterocycles. The normalized spacial score (nSPS) is 18.4. The van der Waals surface area contributed by atoms with Gasteiger partial charge in [0.2, 0.25) is 0 Å². The zero-order valence-electron chi connectivity index (χ0n) is 13.7. The van der Waals surface area contributed by atoms with E-state index in [1.165, 1.54) is 0 Å². The molecule has 1 aliphatic rings. The van der Waals surface area contributed by atoms with Crippen LogP contribution in [-0.4, -0.2) is 56.2 Å². The quantitative estimate of drug-likeness (QED) is 0.783. The Morgan fingerprint density at radius 2 is 2.00 bits per heavy atom. The molecule has 0 radical (unpaired) electrons. The van der Waals surface area contributed by atoms with Crippen molar-refractivity contribution in [3.8, 4) is 5.75 Å². The third kappa shape index (κ3) is 4.59. The molecule has 0 bridgehead atoms. The summed E-state index contributed by atoms with van der Waals surface area (Å²) in [6, 6.07) is 6.05. The first-order chi connectivity index (χ1) is 10.7. The summed E-state index contributed by atoms with van der Waals surface area (Å²) in [5.41, 5.74) is 7.21. The molecule has 22 heavy (non-hydrogen) atoms. The van der Waals surface area contributed by atoms with Gasteiger partial charge in [0.25, 0.3) is 0 Å². The Hall–Kier alpha value is -0.810. The predicted octanol–water partition coefficient (Wildman–Crippen LogP) is 2.77. The van der Waals surface area contributed by atoms with Gasteiger partial charge in [-0.15, -0.1) is 0 Å². The minimum absolute atomic E-state index is 0.170. The van der Waals surface area contributed by atoms with Crippen molar-refractivity contribution in [2.45, 2.75) is 25.8 Å². The van der Waals surface area contributed by atoms with Crippen LogP contribution in [0.3, 0.4) is 0 Å². The molecule has 0 amide bonds. The standard InChI is InChI=1S/C17H28ClN3O/c1-3-4-11-22-17-6-5-14(18)12-15(17)16(13-19)21-9-7-20(2)8-10-21/h5-6,12,16H,3-4,7-11,13,19H2,1-2H3. The lowest BCUT2D eigenvalue weighted by atomic mass is 10.0. The Kier molecular flexibility index (Phi) is 6.96. The van der Waals surface area contributed by atoms with Gasteiger partial charge in [0.15, 0.2) is 0 Å². The summed E-state index contributed by atoms with van der Waals surface area (Å²) in [7, 11) is 2.16. The van der Waals surface area contributed by atoms with Crippen LogP contribution in [0.1, 0.15) is 31.4 Å². The zero-order valence-corrected chi connectivity index (χ0v) is 14.5. The number of ether oxygens (including phenoxy) is 1. The number of rotatable bonds is 7. The molecule has 2 N–H and O–H groups in total. The molecule has 0 aromatic heterocycles. The van der Waals surface area contributed by atoms with Crippen molar-refractivity contribution < 1.29 is 4.74 Å². The van der Waals surface area contributed by atoms with Crippen molar-refractivity contribution in [1.29, 1.82) is 0 Å². The summed E-state index contributed by atoms with van der Waals surface area (Å²) in [6.07, 6.45) is 2.19. The minimum atomic E-state index is 0.170. The number of benzene rings is 1. The number of nitrogens with zero attached hydrogens (tertiary/aromatic N) is 2. The number of hydrogen-bond donors (Lipinski definition) is 1. The van der Waals surface area contributed by atoms with Gasteiger partial charge in [0.05, 0.1) is 12.6 Å². The van der Waals surface area contributed by atoms with Gasteiger partial charge in [0.1, 0.15) is 5.75 Å². The molecule has 5 heteroatoms. The van der Waals surface area contributed by atoms with E-state index in [2.05, 4.69) is 23.8 Å². The molecule has 1 aromatic rings. The molecular formula is C17H28ClN3O. The van der Waals surface area contributed by atoms with Gasteiger partial charge in [-0.1, -0.05) is 24.9 Å². The van der Waals surface area contributed by atoms with Crippen LogP contribution in [0, 0.1) is 0 Å². The molecule has 1 heterocycles. The van der Waals surface area contributed by atoms with Gasteiger partial charge < -0.3 is 15.4 Å². The molecule has 1 aliphatic heterocycles. The molecule has 1 fully saturated rings. The summed E-state index contributed by atoms with van der Waals surface area (Å²) in [5.74, 6) is 0.923. The maximum Gasteiger partial charge on any atom is 0.124 e. The third-order valence-corrected chi connectivity index (χ3v) is 4.52. The predicted molar refractivity (Wildman–Crippen MR) is 92.7 cm³/mol. The molecule has 2 rings (SSSR count). The fourth-order valence-corrected chi connectivity index (χ4v) is 3.02. The Balaban J connectivity index is 2.17. The minimum Gasteiger partial charge on any atom is -0.493 e. The second-order valence-electron chi connectivity index (χ2n) is 5.97. The molecule has 4 nitrogen and oxygen atoms in total. The lowest BCUT2D eigenvalue weighted by Crippen LogP contribution is -2.47. The smallest absolute Gasteiger partial charge is 0.124 e. The zero-order chi connectivity index (χ0) is 15.9. The van der Waals surface area contributed by atoms with Crippen LogP contribution in [0.5, 0.6) is 5.75 Å². The largest absolute Gasteiger partial charge is 0.493 e. The lowest BCUT2D eigenvalue weighted by molar-refractivity contribution is 0.112. The average Bonchev–Trinajstić information content (AvgIpc) is 2.52. The Labute approximate surface area is 139 Å². The first-order valence-corrected chi connectivity index (χ1v) is 8.58. The molecular weight excluding hydrogens is 298 g/mol. The van der Waals surface area contributed by atoms with Crippen LogP contribution >= 0.6 is 11.6 Å². The van der Waals surface area contributed by atoms with Crippen LogP contribution in [0.4, 0.5) is 0 Å². The third-order valence-electron chi connectivity index (χ3n) is 4.29. The van der Waals surface area contributed by atoms with E-state index in [1.54, 1.807) is 0 Å². The van der Waals surface area contributed by atoms with E-state index in [0.29, 0.717) is 6.54 Å². The first kappa shape index (κ1) is 17.5. The molecule has 124 valence electrons. The molecule has 1 aromatic carbocycles. The van der Waals surface area contributed by atoms with Crippen molar-refractivity contribution in [2.24, 2.45) is 5.73 Å². The van der Waals surface area contributed by atoms with Gasteiger partial charge >= 0.3 is 0 Å². The average molecular weight is 326 g/mol. The van der Waals surface area contributed by atoms with Gasteiger partial charge in [0, 0.05) is 43.3 Å². The summed E-state index contributed by atoms with van der Waals surface area (Å²) < 4.78 is 5.98. The SMILES string of the molecule is CCCCOc1ccc(Cl)cc1C(CN)N1CCN(C)CC1. The van der Waals surface area contributed by atoms with E-state index < -0.39 is 0 Å².